The molecular weight excluding hydrogens is 256 g/mol. The van der Waals surface area contributed by atoms with Crippen LogP contribution in [0.3, 0.4) is 0 Å². The number of benzene rings is 1. The van der Waals surface area contributed by atoms with Gasteiger partial charge in [-0.25, -0.2) is 0 Å². The van der Waals surface area contributed by atoms with Gasteiger partial charge in [0.15, 0.2) is 0 Å². The number of hydrogen-bond donors (Lipinski definition) is 0. The molecule has 0 N–H and O–H groups in total. The Kier molecular flexibility index (Phi) is 3.47. The lowest BCUT2D eigenvalue weighted by molar-refractivity contribution is -0.00572. The van der Waals surface area contributed by atoms with Crippen LogP contribution < -0.4 is 0 Å². The standard InChI is InChI=1S/C14H16N4O2/c1-11-3-4-13(18-15-5-6-16-18)12(9-11)14(19)17-7-2-8-20-10-17/h3-6,9H,2,7-8,10H2,1H3. The lowest BCUT2D eigenvalue weighted by Crippen LogP contribution is -2.38. The van der Waals surface area contributed by atoms with E-state index in [1.807, 2.05) is 25.1 Å². The maximum Gasteiger partial charge on any atom is 0.257 e. The zero-order valence-corrected chi connectivity index (χ0v) is 11.3. The van der Waals surface area contributed by atoms with Gasteiger partial charge in [0.1, 0.15) is 6.73 Å². The molecule has 104 valence electrons. The summed E-state index contributed by atoms with van der Waals surface area (Å²) in [7, 11) is 0. The van der Waals surface area contributed by atoms with Gasteiger partial charge in [0.2, 0.25) is 0 Å². The summed E-state index contributed by atoms with van der Waals surface area (Å²) in [6.45, 7) is 3.74. The van der Waals surface area contributed by atoms with Crippen LogP contribution in [-0.2, 0) is 4.74 Å². The van der Waals surface area contributed by atoms with Crippen molar-refractivity contribution < 1.29 is 9.53 Å². The number of carbonyl (C=O) groups is 1. The summed E-state index contributed by atoms with van der Waals surface area (Å²) in [5.41, 5.74) is 2.32. The molecule has 0 atom stereocenters. The molecule has 1 fully saturated rings. The van der Waals surface area contributed by atoms with Crippen LogP contribution in [0.2, 0.25) is 0 Å². The molecule has 0 bridgehead atoms. The second-order valence-electron chi connectivity index (χ2n) is 4.80. The Labute approximate surface area is 117 Å². The monoisotopic (exact) mass is 272 g/mol. The van der Waals surface area contributed by atoms with E-state index < -0.39 is 0 Å². The van der Waals surface area contributed by atoms with Crippen LogP contribution in [0, 0.1) is 6.92 Å². The van der Waals surface area contributed by atoms with E-state index in [1.54, 1.807) is 17.3 Å². The zero-order valence-electron chi connectivity index (χ0n) is 11.3. The number of aryl methyl sites for hydroxylation is 1. The number of carbonyl (C=O) groups excluding carboxylic acids is 1. The molecule has 0 saturated carbocycles. The molecule has 1 saturated heterocycles. The number of rotatable bonds is 2. The van der Waals surface area contributed by atoms with Crippen molar-refractivity contribution in [3.05, 3.63) is 41.7 Å². The predicted octanol–water partition coefficient (Wildman–Crippen LogP) is 1.40. The summed E-state index contributed by atoms with van der Waals surface area (Å²) in [6, 6.07) is 5.69. The van der Waals surface area contributed by atoms with Gasteiger partial charge in [-0.1, -0.05) is 11.6 Å². The zero-order chi connectivity index (χ0) is 13.9. The van der Waals surface area contributed by atoms with Crippen LogP contribution >= 0.6 is 0 Å². The molecule has 1 aliphatic rings. The van der Waals surface area contributed by atoms with Crippen LogP contribution in [0.1, 0.15) is 22.3 Å². The van der Waals surface area contributed by atoms with Gasteiger partial charge in [-0.2, -0.15) is 15.0 Å². The summed E-state index contributed by atoms with van der Waals surface area (Å²) >= 11 is 0. The van der Waals surface area contributed by atoms with E-state index in [0.717, 1.165) is 18.5 Å². The van der Waals surface area contributed by atoms with Gasteiger partial charge in [0.05, 0.1) is 30.3 Å². The lowest BCUT2D eigenvalue weighted by Gasteiger charge is -2.27. The van der Waals surface area contributed by atoms with Crippen molar-refractivity contribution >= 4 is 5.91 Å². The van der Waals surface area contributed by atoms with Crippen LogP contribution in [0.4, 0.5) is 0 Å². The maximum atomic E-state index is 12.6. The highest BCUT2D eigenvalue weighted by Crippen LogP contribution is 2.18. The number of nitrogens with zero attached hydrogens (tertiary/aromatic N) is 4. The molecule has 3 rings (SSSR count). The first-order chi connectivity index (χ1) is 9.75. The third kappa shape index (κ3) is 2.42. The Morgan fingerprint density at radius 1 is 1.30 bits per heavy atom. The molecule has 2 aromatic rings. The highest BCUT2D eigenvalue weighted by Gasteiger charge is 2.22. The first kappa shape index (κ1) is 12.8. The van der Waals surface area contributed by atoms with Crippen molar-refractivity contribution in [1.29, 1.82) is 0 Å². The van der Waals surface area contributed by atoms with Gasteiger partial charge in [0, 0.05) is 6.54 Å². The van der Waals surface area contributed by atoms with Gasteiger partial charge in [-0.05, 0) is 25.5 Å². The van der Waals surface area contributed by atoms with E-state index in [4.69, 9.17) is 4.74 Å². The summed E-state index contributed by atoms with van der Waals surface area (Å²) in [4.78, 5) is 15.8. The molecular formula is C14H16N4O2. The van der Waals surface area contributed by atoms with E-state index in [1.165, 1.54) is 4.80 Å². The number of ether oxygens (including phenoxy) is 1. The largest absolute Gasteiger partial charge is 0.361 e. The fraction of sp³-hybridized carbons (Fsp3) is 0.357. The molecule has 0 spiro atoms. The van der Waals surface area contributed by atoms with Crippen LogP contribution in [-0.4, -0.2) is 45.7 Å². The molecule has 20 heavy (non-hydrogen) atoms. The minimum Gasteiger partial charge on any atom is -0.361 e. The highest BCUT2D eigenvalue weighted by atomic mass is 16.5. The Morgan fingerprint density at radius 3 is 2.80 bits per heavy atom. The first-order valence-electron chi connectivity index (χ1n) is 6.60. The maximum absolute atomic E-state index is 12.6. The summed E-state index contributed by atoms with van der Waals surface area (Å²) in [5.74, 6) is -0.0410. The highest BCUT2D eigenvalue weighted by molar-refractivity contribution is 5.97. The molecule has 2 heterocycles. The van der Waals surface area contributed by atoms with Gasteiger partial charge < -0.3 is 9.64 Å². The molecule has 6 nitrogen and oxygen atoms in total. The SMILES string of the molecule is Cc1ccc(-n2nccn2)c(C(=O)N2CCCOC2)c1. The van der Waals surface area contributed by atoms with Crippen LogP contribution in [0.5, 0.6) is 0 Å². The Balaban J connectivity index is 1.98. The molecule has 0 radical (unpaired) electrons. The predicted molar refractivity (Wildman–Crippen MR) is 72.6 cm³/mol. The summed E-state index contributed by atoms with van der Waals surface area (Å²) in [5, 5.41) is 8.22. The van der Waals surface area contributed by atoms with Crippen molar-refractivity contribution in [3.8, 4) is 5.69 Å². The quantitative estimate of drug-likeness (QED) is 0.829. The summed E-state index contributed by atoms with van der Waals surface area (Å²) in [6.07, 6.45) is 4.06. The fourth-order valence-corrected chi connectivity index (χ4v) is 2.26. The van der Waals surface area contributed by atoms with E-state index >= 15 is 0 Å². The Morgan fingerprint density at radius 2 is 2.10 bits per heavy atom. The second-order valence-corrected chi connectivity index (χ2v) is 4.80. The molecule has 6 heteroatoms. The van der Waals surface area contributed by atoms with Crippen LogP contribution in [0.15, 0.2) is 30.6 Å². The number of aromatic nitrogens is 3. The molecule has 0 aliphatic carbocycles. The number of amides is 1. The molecule has 1 aromatic carbocycles. The van der Waals surface area contributed by atoms with Gasteiger partial charge in [-0.3, -0.25) is 4.79 Å². The lowest BCUT2D eigenvalue weighted by atomic mass is 10.1. The van der Waals surface area contributed by atoms with E-state index in [-0.39, 0.29) is 5.91 Å². The van der Waals surface area contributed by atoms with E-state index in [2.05, 4.69) is 10.2 Å². The first-order valence-corrected chi connectivity index (χ1v) is 6.60. The third-order valence-electron chi connectivity index (χ3n) is 3.27. The third-order valence-corrected chi connectivity index (χ3v) is 3.27. The topological polar surface area (TPSA) is 60.2 Å². The van der Waals surface area contributed by atoms with E-state index in [0.29, 0.717) is 24.6 Å². The second kappa shape index (κ2) is 5.42. The van der Waals surface area contributed by atoms with Crippen molar-refractivity contribution in [1.82, 2.24) is 19.9 Å². The Hall–Kier alpha value is -2.21. The molecule has 1 amide bonds. The minimum atomic E-state index is -0.0410. The smallest absolute Gasteiger partial charge is 0.257 e. The average Bonchev–Trinajstić information content (AvgIpc) is 3.01. The fourth-order valence-electron chi connectivity index (χ4n) is 2.26. The van der Waals surface area contributed by atoms with Gasteiger partial charge in [0.25, 0.3) is 5.91 Å². The normalized spacial score (nSPS) is 15.3. The van der Waals surface area contributed by atoms with Gasteiger partial charge in [-0.15, -0.1) is 0 Å². The average molecular weight is 272 g/mol. The molecule has 1 aromatic heterocycles. The van der Waals surface area contributed by atoms with E-state index in [9.17, 15) is 4.79 Å². The minimum absolute atomic E-state index is 0.0410. The van der Waals surface area contributed by atoms with Crippen molar-refractivity contribution in [2.24, 2.45) is 0 Å². The van der Waals surface area contributed by atoms with Crippen molar-refractivity contribution in [2.75, 3.05) is 19.9 Å². The summed E-state index contributed by atoms with van der Waals surface area (Å²) < 4.78 is 5.35. The number of hydrogen-bond acceptors (Lipinski definition) is 4. The molecule has 1 aliphatic heterocycles. The van der Waals surface area contributed by atoms with Crippen molar-refractivity contribution in [2.45, 2.75) is 13.3 Å². The van der Waals surface area contributed by atoms with Crippen molar-refractivity contribution in [3.63, 3.8) is 0 Å². The van der Waals surface area contributed by atoms with Gasteiger partial charge >= 0.3 is 0 Å². The Bertz CT molecular complexity index is 604. The molecule has 0 unspecified atom stereocenters. The van der Waals surface area contributed by atoms with Crippen LogP contribution in [0.25, 0.3) is 5.69 Å².